The highest BCUT2D eigenvalue weighted by molar-refractivity contribution is 5.84. The maximum Gasteiger partial charge on any atom is 0.303 e. The summed E-state index contributed by atoms with van der Waals surface area (Å²) in [6.45, 7) is 0. The Morgan fingerprint density at radius 1 is 1.24 bits per heavy atom. The predicted octanol–water partition coefficient (Wildman–Crippen LogP) is 2.67. The topological polar surface area (TPSA) is 104 Å². The van der Waals surface area contributed by atoms with E-state index in [1.165, 1.54) is 0 Å². The van der Waals surface area contributed by atoms with Gasteiger partial charge in [-0.3, -0.25) is 9.59 Å². The molecule has 1 aliphatic heterocycles. The van der Waals surface area contributed by atoms with Crippen molar-refractivity contribution in [2.75, 3.05) is 0 Å². The van der Waals surface area contributed by atoms with E-state index in [0.717, 1.165) is 11.3 Å². The van der Waals surface area contributed by atoms with Crippen LogP contribution in [0.4, 0.5) is 0 Å². The van der Waals surface area contributed by atoms with E-state index in [9.17, 15) is 19.8 Å². The smallest absolute Gasteiger partial charge is 0.303 e. The Bertz CT molecular complexity index is 758. The van der Waals surface area contributed by atoms with E-state index in [1.54, 1.807) is 12.2 Å². The number of allylic oxidation sites excluding steroid dienone is 2. The minimum atomic E-state index is -0.822. The van der Waals surface area contributed by atoms with Gasteiger partial charge < -0.3 is 20.1 Å². The van der Waals surface area contributed by atoms with Crippen molar-refractivity contribution >= 4 is 11.8 Å². The Kier molecular flexibility index (Phi) is 7.23. The van der Waals surface area contributed by atoms with Crippen molar-refractivity contribution in [2.45, 2.75) is 56.8 Å². The van der Waals surface area contributed by atoms with Crippen LogP contribution in [0, 0.1) is 11.8 Å². The molecule has 2 aliphatic rings. The third-order valence-electron chi connectivity index (χ3n) is 5.63. The van der Waals surface area contributed by atoms with Crippen molar-refractivity contribution in [3.8, 4) is 5.75 Å². The molecule has 1 fully saturated rings. The number of carboxylic acid groups (broad SMARTS) is 1. The maximum atomic E-state index is 12.3. The number of unbranched alkanes of at least 4 members (excludes halogenated alkanes) is 1. The van der Waals surface area contributed by atoms with Crippen molar-refractivity contribution in [1.82, 2.24) is 0 Å². The van der Waals surface area contributed by atoms with Crippen LogP contribution in [0.1, 0.15) is 37.7 Å². The van der Waals surface area contributed by atoms with E-state index < -0.39 is 18.2 Å². The molecule has 1 aliphatic carbocycles. The Morgan fingerprint density at radius 3 is 2.79 bits per heavy atom. The zero-order valence-corrected chi connectivity index (χ0v) is 16.3. The average molecular weight is 400 g/mol. The highest BCUT2D eigenvalue weighted by atomic mass is 16.5. The third-order valence-corrected chi connectivity index (χ3v) is 5.63. The number of carbonyl (C=O) groups is 2. The van der Waals surface area contributed by atoms with Crippen LogP contribution in [-0.4, -0.2) is 45.4 Å². The predicted molar refractivity (Wildman–Crippen MR) is 108 cm³/mol. The molecule has 1 heterocycles. The van der Waals surface area contributed by atoms with Gasteiger partial charge in [0.15, 0.2) is 0 Å². The molecular weight excluding hydrogens is 372 g/mol. The number of ether oxygens (including phenoxy) is 1. The fourth-order valence-electron chi connectivity index (χ4n) is 4.02. The molecule has 1 aromatic rings. The molecule has 0 aromatic heterocycles. The van der Waals surface area contributed by atoms with E-state index in [-0.39, 0.29) is 36.6 Å². The Labute approximate surface area is 170 Å². The number of benzene rings is 1. The van der Waals surface area contributed by atoms with Crippen molar-refractivity contribution in [3.05, 3.63) is 54.1 Å². The minimum Gasteiger partial charge on any atom is -0.487 e. The number of Topliss-reactive ketones (excluding diaryl/α,β-unsaturated/α-hetero) is 1. The fraction of sp³-hybridized carbons (Fsp3) is 0.478. The lowest BCUT2D eigenvalue weighted by Crippen LogP contribution is -2.29. The summed E-state index contributed by atoms with van der Waals surface area (Å²) in [7, 11) is 0. The summed E-state index contributed by atoms with van der Waals surface area (Å²) in [5, 5.41) is 29.4. The number of hydrogen-bond donors (Lipinski definition) is 3. The normalized spacial score (nSPS) is 27.4. The monoisotopic (exact) mass is 400 g/mol. The number of rotatable bonds is 9. The second-order valence-corrected chi connectivity index (χ2v) is 7.76. The molecular formula is C23H28O6. The second-order valence-electron chi connectivity index (χ2n) is 7.76. The lowest BCUT2D eigenvalue weighted by atomic mass is 9.90. The Hall–Kier alpha value is -2.44. The maximum absolute atomic E-state index is 12.3. The number of hydrogen-bond acceptors (Lipinski definition) is 5. The molecule has 29 heavy (non-hydrogen) atoms. The van der Waals surface area contributed by atoms with Gasteiger partial charge in [0.05, 0.1) is 6.10 Å². The molecule has 1 aromatic carbocycles. The van der Waals surface area contributed by atoms with Crippen molar-refractivity contribution in [1.29, 1.82) is 0 Å². The summed E-state index contributed by atoms with van der Waals surface area (Å²) in [4.78, 5) is 22.8. The first kappa shape index (κ1) is 21.3. The van der Waals surface area contributed by atoms with Crippen molar-refractivity contribution < 1.29 is 29.6 Å². The van der Waals surface area contributed by atoms with E-state index in [1.807, 2.05) is 36.4 Å². The number of aliphatic hydroxyl groups is 2. The standard InChI is InChI=1S/C23H28O6/c24-18(22-13-15-7-5-6-9-21(15)29-22)12-11-17-16(19(25)14-20(17)26)8-3-1-2-4-10-23(27)28/h1,3,5-7,9,11-12,16-18,20,22,24,26H,2,4,8,10,13-14H2,(H,27,28)/b3-1-,12-11+/t16-,17?,18-,20-,22+/m1/s1. The van der Waals surface area contributed by atoms with Crippen LogP contribution in [0.15, 0.2) is 48.6 Å². The average Bonchev–Trinajstić information content (AvgIpc) is 3.23. The van der Waals surface area contributed by atoms with Crippen LogP contribution < -0.4 is 4.74 Å². The van der Waals surface area contributed by atoms with Crippen LogP contribution in [-0.2, 0) is 16.0 Å². The first-order chi connectivity index (χ1) is 14.0. The SMILES string of the molecule is O=C(O)CCC/C=C\C[C@H]1C(=O)C[C@@H](O)C1/C=C/[C@@H](O)[C@@H]1Cc2ccccc2O1. The highest BCUT2D eigenvalue weighted by Gasteiger charge is 2.39. The third kappa shape index (κ3) is 5.55. The molecule has 0 bridgehead atoms. The quantitative estimate of drug-likeness (QED) is 0.435. The van der Waals surface area contributed by atoms with Crippen molar-refractivity contribution in [2.24, 2.45) is 11.8 Å². The van der Waals surface area contributed by atoms with Gasteiger partial charge in [-0.1, -0.05) is 42.5 Å². The summed E-state index contributed by atoms with van der Waals surface area (Å²) in [5.74, 6) is -0.686. The Balaban J connectivity index is 1.54. The summed E-state index contributed by atoms with van der Waals surface area (Å²) in [6.07, 6.45) is 7.78. The van der Waals surface area contributed by atoms with Gasteiger partial charge in [0, 0.05) is 31.1 Å². The van der Waals surface area contributed by atoms with E-state index in [4.69, 9.17) is 9.84 Å². The number of carbonyl (C=O) groups excluding carboxylic acids is 1. The number of ketones is 1. The zero-order valence-electron chi connectivity index (χ0n) is 16.3. The largest absolute Gasteiger partial charge is 0.487 e. The van der Waals surface area contributed by atoms with Gasteiger partial charge >= 0.3 is 5.97 Å². The van der Waals surface area contributed by atoms with Gasteiger partial charge in [-0.2, -0.15) is 0 Å². The lowest BCUT2D eigenvalue weighted by molar-refractivity contribution is -0.137. The number of carboxylic acids is 1. The summed E-state index contributed by atoms with van der Waals surface area (Å²) in [5.41, 5.74) is 1.06. The van der Waals surface area contributed by atoms with Crippen LogP contribution >= 0.6 is 0 Å². The summed E-state index contributed by atoms with van der Waals surface area (Å²) < 4.78 is 5.79. The lowest BCUT2D eigenvalue weighted by Gasteiger charge is -2.18. The molecule has 0 amide bonds. The molecule has 6 heteroatoms. The first-order valence-corrected chi connectivity index (χ1v) is 10.1. The van der Waals surface area contributed by atoms with Crippen LogP contribution in [0.25, 0.3) is 0 Å². The summed E-state index contributed by atoms with van der Waals surface area (Å²) in [6, 6.07) is 7.69. The van der Waals surface area contributed by atoms with Gasteiger partial charge in [-0.25, -0.2) is 0 Å². The van der Waals surface area contributed by atoms with E-state index in [2.05, 4.69) is 0 Å². The molecule has 1 unspecified atom stereocenters. The van der Waals surface area contributed by atoms with Gasteiger partial charge in [-0.15, -0.1) is 0 Å². The van der Waals surface area contributed by atoms with Crippen molar-refractivity contribution in [3.63, 3.8) is 0 Å². The molecule has 0 radical (unpaired) electrons. The number of aliphatic carboxylic acids is 1. The van der Waals surface area contributed by atoms with Gasteiger partial charge in [0.1, 0.15) is 23.7 Å². The minimum absolute atomic E-state index is 0.0151. The van der Waals surface area contributed by atoms with Crippen LogP contribution in [0.3, 0.4) is 0 Å². The fourth-order valence-corrected chi connectivity index (χ4v) is 4.02. The zero-order chi connectivity index (χ0) is 20.8. The molecule has 5 atom stereocenters. The number of aliphatic hydroxyl groups excluding tert-OH is 2. The Morgan fingerprint density at radius 2 is 2.03 bits per heavy atom. The van der Waals surface area contributed by atoms with E-state index >= 15 is 0 Å². The van der Waals surface area contributed by atoms with E-state index in [0.29, 0.717) is 25.7 Å². The first-order valence-electron chi connectivity index (χ1n) is 10.1. The van der Waals surface area contributed by atoms with Crippen LogP contribution in [0.2, 0.25) is 0 Å². The summed E-state index contributed by atoms with van der Waals surface area (Å²) >= 11 is 0. The molecule has 3 N–H and O–H groups in total. The van der Waals surface area contributed by atoms with Crippen LogP contribution in [0.5, 0.6) is 5.75 Å². The van der Waals surface area contributed by atoms with Gasteiger partial charge in [-0.05, 0) is 30.9 Å². The number of fused-ring (bicyclic) bond motifs is 1. The molecule has 0 spiro atoms. The second kappa shape index (κ2) is 9.85. The molecule has 1 saturated carbocycles. The van der Waals surface area contributed by atoms with Gasteiger partial charge in [0.25, 0.3) is 0 Å². The molecule has 6 nitrogen and oxygen atoms in total. The van der Waals surface area contributed by atoms with Gasteiger partial charge in [0.2, 0.25) is 0 Å². The number of para-hydroxylation sites is 1. The molecule has 3 rings (SSSR count). The molecule has 0 saturated heterocycles. The highest BCUT2D eigenvalue weighted by Crippen LogP contribution is 2.34. The molecule has 156 valence electrons.